The SMILES string of the molecule is COc1ccc(C(C)C)c(-c2ccccn2)c1. The van der Waals surface area contributed by atoms with Crippen molar-refractivity contribution in [3.63, 3.8) is 0 Å². The molecule has 2 rings (SSSR count). The number of aromatic nitrogens is 1. The average Bonchev–Trinajstić information content (AvgIpc) is 2.39. The molecule has 0 radical (unpaired) electrons. The minimum Gasteiger partial charge on any atom is -0.497 e. The lowest BCUT2D eigenvalue weighted by Crippen LogP contribution is -1.95. The largest absolute Gasteiger partial charge is 0.497 e. The number of pyridine rings is 1. The van der Waals surface area contributed by atoms with Crippen molar-refractivity contribution in [1.82, 2.24) is 4.98 Å². The van der Waals surface area contributed by atoms with Crippen LogP contribution in [-0.4, -0.2) is 12.1 Å². The zero-order valence-corrected chi connectivity index (χ0v) is 10.5. The van der Waals surface area contributed by atoms with Crippen molar-refractivity contribution in [3.8, 4) is 17.0 Å². The molecule has 0 aliphatic heterocycles. The number of hydrogen-bond donors (Lipinski definition) is 0. The van der Waals surface area contributed by atoms with Gasteiger partial charge in [-0.25, -0.2) is 0 Å². The first-order valence-corrected chi connectivity index (χ1v) is 5.81. The Labute approximate surface area is 102 Å². The molecule has 1 heterocycles. The van der Waals surface area contributed by atoms with E-state index in [9.17, 15) is 0 Å². The summed E-state index contributed by atoms with van der Waals surface area (Å²) < 4.78 is 5.28. The van der Waals surface area contributed by atoms with Gasteiger partial charge in [-0.1, -0.05) is 26.0 Å². The highest BCUT2D eigenvalue weighted by Crippen LogP contribution is 2.31. The summed E-state index contributed by atoms with van der Waals surface area (Å²) >= 11 is 0. The van der Waals surface area contributed by atoms with Gasteiger partial charge in [0.05, 0.1) is 12.8 Å². The molecule has 0 aliphatic carbocycles. The summed E-state index contributed by atoms with van der Waals surface area (Å²) in [6.45, 7) is 4.38. The number of ether oxygens (including phenoxy) is 1. The van der Waals surface area contributed by atoms with Crippen molar-refractivity contribution < 1.29 is 4.74 Å². The number of methoxy groups -OCH3 is 1. The van der Waals surface area contributed by atoms with Crippen molar-refractivity contribution in [3.05, 3.63) is 48.2 Å². The molecule has 1 aromatic carbocycles. The van der Waals surface area contributed by atoms with E-state index in [0.29, 0.717) is 5.92 Å². The summed E-state index contributed by atoms with van der Waals surface area (Å²) in [6, 6.07) is 12.1. The van der Waals surface area contributed by atoms with Crippen LogP contribution in [0.3, 0.4) is 0 Å². The van der Waals surface area contributed by atoms with E-state index in [1.165, 1.54) is 5.56 Å². The van der Waals surface area contributed by atoms with Gasteiger partial charge in [0.25, 0.3) is 0 Å². The Bertz CT molecular complexity index is 492. The maximum Gasteiger partial charge on any atom is 0.119 e. The summed E-state index contributed by atoms with van der Waals surface area (Å²) in [5.74, 6) is 1.34. The second-order valence-corrected chi connectivity index (χ2v) is 4.32. The molecular formula is C15H17NO. The van der Waals surface area contributed by atoms with Gasteiger partial charge < -0.3 is 4.74 Å². The van der Waals surface area contributed by atoms with Crippen molar-refractivity contribution in [2.75, 3.05) is 7.11 Å². The minimum atomic E-state index is 0.470. The van der Waals surface area contributed by atoms with Crippen LogP contribution in [0.2, 0.25) is 0 Å². The topological polar surface area (TPSA) is 22.1 Å². The second-order valence-electron chi connectivity index (χ2n) is 4.32. The molecule has 0 saturated carbocycles. The predicted octanol–water partition coefficient (Wildman–Crippen LogP) is 3.88. The Kier molecular flexibility index (Phi) is 3.43. The van der Waals surface area contributed by atoms with Crippen LogP contribution in [0.5, 0.6) is 5.75 Å². The highest BCUT2D eigenvalue weighted by Gasteiger charge is 2.10. The van der Waals surface area contributed by atoms with E-state index in [1.54, 1.807) is 7.11 Å². The number of rotatable bonds is 3. The average molecular weight is 227 g/mol. The summed E-state index contributed by atoms with van der Waals surface area (Å²) in [5, 5.41) is 0. The van der Waals surface area contributed by atoms with Gasteiger partial charge in [0, 0.05) is 11.8 Å². The summed E-state index contributed by atoms with van der Waals surface area (Å²) in [7, 11) is 1.69. The third-order valence-electron chi connectivity index (χ3n) is 2.82. The lowest BCUT2D eigenvalue weighted by atomic mass is 9.95. The van der Waals surface area contributed by atoms with Crippen LogP contribution in [0.25, 0.3) is 11.3 Å². The molecule has 88 valence electrons. The molecule has 0 unspecified atom stereocenters. The van der Waals surface area contributed by atoms with Crippen LogP contribution in [0.1, 0.15) is 25.3 Å². The first kappa shape index (κ1) is 11.6. The van der Waals surface area contributed by atoms with Crippen LogP contribution in [-0.2, 0) is 0 Å². The van der Waals surface area contributed by atoms with Crippen molar-refractivity contribution in [1.29, 1.82) is 0 Å². The quantitative estimate of drug-likeness (QED) is 0.793. The van der Waals surface area contributed by atoms with Crippen molar-refractivity contribution in [2.45, 2.75) is 19.8 Å². The number of benzene rings is 1. The Morgan fingerprint density at radius 2 is 1.94 bits per heavy atom. The van der Waals surface area contributed by atoms with Gasteiger partial charge in [0.1, 0.15) is 5.75 Å². The van der Waals surface area contributed by atoms with Gasteiger partial charge >= 0.3 is 0 Å². The van der Waals surface area contributed by atoms with Gasteiger partial charge in [-0.2, -0.15) is 0 Å². The molecule has 0 atom stereocenters. The Morgan fingerprint density at radius 1 is 1.12 bits per heavy atom. The Balaban J connectivity index is 2.57. The van der Waals surface area contributed by atoms with E-state index in [4.69, 9.17) is 4.74 Å². The summed E-state index contributed by atoms with van der Waals surface area (Å²) in [5.41, 5.74) is 3.44. The van der Waals surface area contributed by atoms with Crippen LogP contribution in [0.15, 0.2) is 42.6 Å². The normalized spacial score (nSPS) is 10.6. The molecule has 2 aromatic rings. The van der Waals surface area contributed by atoms with Crippen LogP contribution < -0.4 is 4.74 Å². The molecular weight excluding hydrogens is 210 g/mol. The van der Waals surface area contributed by atoms with Crippen LogP contribution >= 0.6 is 0 Å². The molecule has 2 nitrogen and oxygen atoms in total. The zero-order valence-electron chi connectivity index (χ0n) is 10.5. The first-order chi connectivity index (χ1) is 8.22. The van der Waals surface area contributed by atoms with Gasteiger partial charge in [0.15, 0.2) is 0 Å². The second kappa shape index (κ2) is 5.00. The molecule has 0 aliphatic rings. The molecule has 0 amide bonds. The molecule has 2 heteroatoms. The third-order valence-corrected chi connectivity index (χ3v) is 2.82. The van der Waals surface area contributed by atoms with Gasteiger partial charge in [-0.15, -0.1) is 0 Å². The first-order valence-electron chi connectivity index (χ1n) is 5.81. The number of nitrogens with zero attached hydrogens (tertiary/aromatic N) is 1. The fourth-order valence-corrected chi connectivity index (χ4v) is 1.91. The van der Waals surface area contributed by atoms with Crippen LogP contribution in [0, 0.1) is 0 Å². The molecule has 0 fully saturated rings. The molecule has 0 saturated heterocycles. The standard InChI is InChI=1S/C15H17NO/c1-11(2)13-8-7-12(17-3)10-14(13)15-6-4-5-9-16-15/h4-11H,1-3H3. The molecule has 0 spiro atoms. The smallest absolute Gasteiger partial charge is 0.119 e. The van der Waals surface area contributed by atoms with E-state index < -0.39 is 0 Å². The predicted molar refractivity (Wildman–Crippen MR) is 70.3 cm³/mol. The Hall–Kier alpha value is -1.83. The summed E-state index contributed by atoms with van der Waals surface area (Å²) in [4.78, 5) is 4.41. The molecule has 1 aromatic heterocycles. The highest BCUT2D eigenvalue weighted by molar-refractivity contribution is 5.66. The zero-order chi connectivity index (χ0) is 12.3. The van der Waals surface area contributed by atoms with E-state index in [-0.39, 0.29) is 0 Å². The Morgan fingerprint density at radius 3 is 2.53 bits per heavy atom. The lowest BCUT2D eigenvalue weighted by molar-refractivity contribution is 0.415. The molecule has 0 bridgehead atoms. The van der Waals surface area contributed by atoms with E-state index >= 15 is 0 Å². The summed E-state index contributed by atoms with van der Waals surface area (Å²) in [6.07, 6.45) is 1.82. The molecule has 0 N–H and O–H groups in total. The monoisotopic (exact) mass is 227 g/mol. The van der Waals surface area contributed by atoms with E-state index in [2.05, 4.69) is 31.0 Å². The lowest BCUT2D eigenvalue weighted by Gasteiger charge is -2.13. The fourth-order valence-electron chi connectivity index (χ4n) is 1.91. The maximum absolute atomic E-state index is 5.28. The van der Waals surface area contributed by atoms with Crippen molar-refractivity contribution >= 4 is 0 Å². The van der Waals surface area contributed by atoms with E-state index in [0.717, 1.165) is 17.0 Å². The van der Waals surface area contributed by atoms with E-state index in [1.807, 2.05) is 30.5 Å². The fraction of sp³-hybridized carbons (Fsp3) is 0.267. The minimum absolute atomic E-state index is 0.470. The highest BCUT2D eigenvalue weighted by atomic mass is 16.5. The van der Waals surface area contributed by atoms with Crippen LogP contribution in [0.4, 0.5) is 0 Å². The van der Waals surface area contributed by atoms with Crippen molar-refractivity contribution in [2.24, 2.45) is 0 Å². The van der Waals surface area contributed by atoms with Gasteiger partial charge in [-0.3, -0.25) is 4.98 Å². The third kappa shape index (κ3) is 2.47. The molecule has 17 heavy (non-hydrogen) atoms. The van der Waals surface area contributed by atoms with Gasteiger partial charge in [-0.05, 0) is 35.7 Å². The maximum atomic E-state index is 5.28. The number of hydrogen-bond acceptors (Lipinski definition) is 2. The van der Waals surface area contributed by atoms with Gasteiger partial charge in [0.2, 0.25) is 0 Å².